The minimum atomic E-state index is -0.963. The second kappa shape index (κ2) is 4.32. The number of aromatic nitrogens is 1. The third kappa shape index (κ3) is 1.89. The molecule has 1 aromatic heterocycles. The van der Waals surface area contributed by atoms with Gasteiger partial charge in [0.05, 0.1) is 20.6 Å². The van der Waals surface area contributed by atoms with Crippen LogP contribution in [-0.4, -0.2) is 30.5 Å². The summed E-state index contributed by atoms with van der Waals surface area (Å²) in [6.45, 7) is 0. The van der Waals surface area contributed by atoms with E-state index in [4.69, 9.17) is 19.1 Å². The summed E-state index contributed by atoms with van der Waals surface area (Å²) in [5.41, 5.74) is 0.761. The molecule has 0 amide bonds. The van der Waals surface area contributed by atoms with Crippen molar-refractivity contribution in [3.05, 3.63) is 17.8 Å². The van der Waals surface area contributed by atoms with Crippen LogP contribution in [0.25, 0.3) is 11.0 Å². The first-order chi connectivity index (χ1) is 8.17. The molecule has 0 fully saturated rings. The predicted octanol–water partition coefficient (Wildman–Crippen LogP) is 1.47. The lowest BCUT2D eigenvalue weighted by atomic mass is 10.1. The van der Waals surface area contributed by atoms with Crippen LogP contribution in [0.1, 0.15) is 5.69 Å². The zero-order chi connectivity index (χ0) is 12.4. The minimum Gasteiger partial charge on any atom is -0.493 e. The van der Waals surface area contributed by atoms with E-state index in [1.165, 1.54) is 14.2 Å². The van der Waals surface area contributed by atoms with Gasteiger partial charge in [0.1, 0.15) is 5.69 Å². The molecular weight excluding hydrogens is 226 g/mol. The first-order valence-corrected chi connectivity index (χ1v) is 4.88. The highest BCUT2D eigenvalue weighted by atomic mass is 16.5. The summed E-state index contributed by atoms with van der Waals surface area (Å²) < 4.78 is 15.4. The molecule has 0 radical (unpaired) electrons. The first kappa shape index (κ1) is 11.3. The third-order valence-corrected chi connectivity index (χ3v) is 2.38. The summed E-state index contributed by atoms with van der Waals surface area (Å²) in [6, 6.07) is 3.38. The molecule has 0 saturated heterocycles. The average Bonchev–Trinajstić information content (AvgIpc) is 2.70. The van der Waals surface area contributed by atoms with E-state index >= 15 is 0 Å². The van der Waals surface area contributed by atoms with Crippen molar-refractivity contribution in [3.63, 3.8) is 0 Å². The second-order valence-corrected chi connectivity index (χ2v) is 3.38. The number of nitrogens with zero attached hydrogens (tertiary/aromatic N) is 1. The maximum Gasteiger partial charge on any atom is 0.309 e. The van der Waals surface area contributed by atoms with E-state index in [-0.39, 0.29) is 6.42 Å². The molecule has 0 saturated carbocycles. The van der Waals surface area contributed by atoms with Crippen LogP contribution in [0.2, 0.25) is 0 Å². The van der Waals surface area contributed by atoms with Crippen LogP contribution in [-0.2, 0) is 11.2 Å². The molecule has 0 bridgehead atoms. The fourth-order valence-corrected chi connectivity index (χ4v) is 1.64. The van der Waals surface area contributed by atoms with Gasteiger partial charge in [-0.25, -0.2) is 0 Å². The molecule has 0 spiro atoms. The van der Waals surface area contributed by atoms with Gasteiger partial charge in [-0.2, -0.15) is 0 Å². The van der Waals surface area contributed by atoms with Crippen LogP contribution in [0.3, 0.4) is 0 Å². The maximum atomic E-state index is 10.7. The van der Waals surface area contributed by atoms with Crippen LogP contribution >= 0.6 is 0 Å². The highest BCUT2D eigenvalue weighted by Gasteiger charge is 2.18. The number of aliphatic carboxylic acids is 1. The summed E-state index contributed by atoms with van der Waals surface area (Å²) in [7, 11) is 2.99. The first-order valence-electron chi connectivity index (χ1n) is 4.88. The number of carboxylic acid groups (broad SMARTS) is 1. The highest BCUT2D eigenvalue weighted by molar-refractivity contribution is 5.89. The van der Waals surface area contributed by atoms with Crippen LogP contribution in [0.5, 0.6) is 11.5 Å². The number of hydrogen-bond donors (Lipinski definition) is 1. The van der Waals surface area contributed by atoms with E-state index in [1.54, 1.807) is 12.1 Å². The Bertz CT molecular complexity index is 560. The minimum absolute atomic E-state index is 0.192. The molecular formula is C11H11NO5. The molecule has 0 aliphatic rings. The number of carboxylic acids is 1. The van der Waals surface area contributed by atoms with Crippen LogP contribution < -0.4 is 9.47 Å². The van der Waals surface area contributed by atoms with Gasteiger partial charge in [0.25, 0.3) is 0 Å². The molecule has 0 unspecified atom stereocenters. The van der Waals surface area contributed by atoms with Crippen molar-refractivity contribution in [2.75, 3.05) is 14.2 Å². The Morgan fingerprint density at radius 1 is 1.41 bits per heavy atom. The van der Waals surface area contributed by atoms with E-state index in [0.29, 0.717) is 28.2 Å². The van der Waals surface area contributed by atoms with Gasteiger partial charge in [-0.05, 0) is 12.1 Å². The SMILES string of the molecule is COc1ccc2c(CC(=O)O)noc2c1OC. The Balaban J connectivity index is 2.60. The predicted molar refractivity (Wildman–Crippen MR) is 58.5 cm³/mol. The molecule has 90 valence electrons. The van der Waals surface area contributed by atoms with Gasteiger partial charge < -0.3 is 19.1 Å². The second-order valence-electron chi connectivity index (χ2n) is 3.38. The third-order valence-electron chi connectivity index (χ3n) is 2.38. The summed E-state index contributed by atoms with van der Waals surface area (Å²) >= 11 is 0. The summed E-state index contributed by atoms with van der Waals surface area (Å²) in [5.74, 6) is -0.0397. The zero-order valence-corrected chi connectivity index (χ0v) is 9.39. The number of hydrogen-bond acceptors (Lipinski definition) is 5. The molecule has 1 heterocycles. The Morgan fingerprint density at radius 2 is 2.18 bits per heavy atom. The quantitative estimate of drug-likeness (QED) is 0.867. The number of fused-ring (bicyclic) bond motifs is 1. The van der Waals surface area contributed by atoms with Gasteiger partial charge in [-0.3, -0.25) is 4.79 Å². The lowest BCUT2D eigenvalue weighted by molar-refractivity contribution is -0.136. The number of benzene rings is 1. The summed E-state index contributed by atoms with van der Waals surface area (Å²) in [4.78, 5) is 10.7. The van der Waals surface area contributed by atoms with E-state index in [0.717, 1.165) is 0 Å². The Kier molecular flexibility index (Phi) is 2.86. The molecule has 1 aromatic carbocycles. The van der Waals surface area contributed by atoms with Crippen LogP contribution in [0, 0.1) is 0 Å². The van der Waals surface area contributed by atoms with Crippen molar-refractivity contribution in [2.24, 2.45) is 0 Å². The highest BCUT2D eigenvalue weighted by Crippen LogP contribution is 2.36. The Hall–Kier alpha value is -2.24. The maximum absolute atomic E-state index is 10.7. The topological polar surface area (TPSA) is 81.8 Å². The van der Waals surface area contributed by atoms with Gasteiger partial charge in [0.15, 0.2) is 5.75 Å². The number of methoxy groups -OCH3 is 2. The van der Waals surface area contributed by atoms with Gasteiger partial charge in [0.2, 0.25) is 11.3 Å². The van der Waals surface area contributed by atoms with E-state index in [2.05, 4.69) is 5.16 Å². The molecule has 0 aliphatic carbocycles. The van der Waals surface area contributed by atoms with Crippen molar-refractivity contribution in [3.8, 4) is 11.5 Å². The Labute approximate surface area is 96.7 Å². The number of carbonyl (C=O) groups is 1. The summed E-state index contributed by atoms with van der Waals surface area (Å²) in [5, 5.41) is 13.1. The molecule has 2 aromatic rings. The molecule has 1 N–H and O–H groups in total. The molecule has 17 heavy (non-hydrogen) atoms. The standard InChI is InChI=1S/C11H11NO5/c1-15-8-4-3-6-7(5-9(13)14)12-17-10(6)11(8)16-2/h3-4H,5H2,1-2H3,(H,13,14). The molecule has 0 atom stereocenters. The number of ether oxygens (including phenoxy) is 2. The smallest absolute Gasteiger partial charge is 0.309 e. The van der Waals surface area contributed by atoms with Gasteiger partial charge in [-0.15, -0.1) is 0 Å². The van der Waals surface area contributed by atoms with Crippen molar-refractivity contribution in [1.29, 1.82) is 0 Å². The molecule has 0 aliphatic heterocycles. The van der Waals surface area contributed by atoms with Crippen LogP contribution in [0.4, 0.5) is 0 Å². The average molecular weight is 237 g/mol. The molecule has 6 nitrogen and oxygen atoms in total. The number of rotatable bonds is 4. The Morgan fingerprint density at radius 3 is 2.76 bits per heavy atom. The molecule has 2 rings (SSSR count). The van der Waals surface area contributed by atoms with E-state index < -0.39 is 5.97 Å². The van der Waals surface area contributed by atoms with E-state index in [1.807, 2.05) is 0 Å². The van der Waals surface area contributed by atoms with Gasteiger partial charge >= 0.3 is 5.97 Å². The summed E-state index contributed by atoms with van der Waals surface area (Å²) in [6.07, 6.45) is -0.192. The van der Waals surface area contributed by atoms with Crippen molar-refractivity contribution < 1.29 is 23.9 Å². The fraction of sp³-hybridized carbons (Fsp3) is 0.273. The van der Waals surface area contributed by atoms with Crippen molar-refractivity contribution in [2.45, 2.75) is 6.42 Å². The van der Waals surface area contributed by atoms with Crippen molar-refractivity contribution in [1.82, 2.24) is 5.16 Å². The largest absolute Gasteiger partial charge is 0.493 e. The van der Waals surface area contributed by atoms with Gasteiger partial charge in [-0.1, -0.05) is 5.16 Å². The fourth-order valence-electron chi connectivity index (χ4n) is 1.64. The lowest BCUT2D eigenvalue weighted by Gasteiger charge is -2.06. The van der Waals surface area contributed by atoms with Gasteiger partial charge in [0, 0.05) is 5.39 Å². The van der Waals surface area contributed by atoms with E-state index in [9.17, 15) is 4.79 Å². The van der Waals surface area contributed by atoms with Crippen molar-refractivity contribution >= 4 is 16.9 Å². The monoisotopic (exact) mass is 237 g/mol. The zero-order valence-electron chi connectivity index (χ0n) is 9.39. The lowest BCUT2D eigenvalue weighted by Crippen LogP contribution is -2.00. The molecule has 6 heteroatoms. The van der Waals surface area contributed by atoms with Crippen LogP contribution in [0.15, 0.2) is 16.7 Å². The normalized spacial score (nSPS) is 10.5.